The maximum atomic E-state index is 14.2. The standard InChI is InChI=1S/C20H21F2IN6O2S/c1-10(2)28-32(30,31)6-5-29-16(25-17-18(24)26-20(22)27-19(17)29)9-12-7-13-11(8-15(12)23)3-4-14(13)21/h4,7-8,10,28H,3,5-6,9H2,1-2H3,(H2,24,26,27). The van der Waals surface area contributed by atoms with Crippen molar-refractivity contribution in [3.63, 3.8) is 0 Å². The van der Waals surface area contributed by atoms with Crippen LogP contribution < -0.4 is 10.5 Å². The highest BCUT2D eigenvalue weighted by Gasteiger charge is 2.22. The van der Waals surface area contributed by atoms with Gasteiger partial charge in [-0.25, -0.2) is 22.5 Å². The number of hydrogen-bond acceptors (Lipinski definition) is 6. The lowest BCUT2D eigenvalue weighted by Gasteiger charge is -2.13. The topological polar surface area (TPSA) is 116 Å². The summed E-state index contributed by atoms with van der Waals surface area (Å²) in [5, 5.41) is 0. The van der Waals surface area contributed by atoms with E-state index in [4.69, 9.17) is 5.73 Å². The Bertz CT molecular complexity index is 1350. The second-order valence-electron chi connectivity index (χ2n) is 7.85. The highest BCUT2D eigenvalue weighted by Crippen LogP contribution is 2.32. The van der Waals surface area contributed by atoms with Gasteiger partial charge in [-0.2, -0.15) is 14.4 Å². The number of allylic oxidation sites excluding steroid dienone is 1. The lowest BCUT2D eigenvalue weighted by atomic mass is 10.0. The Hall–Kier alpha value is -2.19. The van der Waals surface area contributed by atoms with Gasteiger partial charge in [-0.1, -0.05) is 0 Å². The molecule has 3 aromatic rings. The molecule has 170 valence electrons. The van der Waals surface area contributed by atoms with Crippen molar-refractivity contribution in [3.8, 4) is 0 Å². The molecule has 3 N–H and O–H groups in total. The molecule has 1 aromatic carbocycles. The third-order valence-electron chi connectivity index (χ3n) is 5.05. The minimum Gasteiger partial charge on any atom is -0.382 e. The SMILES string of the molecule is CC(C)NS(=O)(=O)CCn1c(Cc2cc3c(cc2I)CC=C3F)nc2c(N)nc(F)nc21. The number of aromatic nitrogens is 4. The molecule has 32 heavy (non-hydrogen) atoms. The first-order chi connectivity index (χ1) is 15.0. The molecule has 0 unspecified atom stereocenters. The number of aryl methyl sites for hydroxylation is 1. The Morgan fingerprint density at radius 2 is 2.00 bits per heavy atom. The van der Waals surface area contributed by atoms with E-state index in [9.17, 15) is 17.2 Å². The largest absolute Gasteiger partial charge is 0.382 e. The van der Waals surface area contributed by atoms with Gasteiger partial charge < -0.3 is 10.3 Å². The molecule has 12 heteroatoms. The van der Waals surface area contributed by atoms with Crippen LogP contribution in [0.15, 0.2) is 18.2 Å². The highest BCUT2D eigenvalue weighted by molar-refractivity contribution is 14.1. The van der Waals surface area contributed by atoms with E-state index < -0.39 is 16.1 Å². The summed E-state index contributed by atoms with van der Waals surface area (Å²) >= 11 is 2.18. The molecule has 0 amide bonds. The average molecular weight is 574 g/mol. The number of hydrogen-bond donors (Lipinski definition) is 2. The summed E-state index contributed by atoms with van der Waals surface area (Å²) in [7, 11) is -3.58. The van der Waals surface area contributed by atoms with Gasteiger partial charge in [0.15, 0.2) is 17.0 Å². The summed E-state index contributed by atoms with van der Waals surface area (Å²) in [5.74, 6) is -0.220. The summed E-state index contributed by atoms with van der Waals surface area (Å²) in [6.45, 7) is 3.43. The second kappa shape index (κ2) is 8.63. The van der Waals surface area contributed by atoms with E-state index in [0.717, 1.165) is 14.7 Å². The number of fused-ring (bicyclic) bond motifs is 2. The molecule has 0 atom stereocenters. The second-order valence-corrected chi connectivity index (χ2v) is 10.9. The molecule has 2 heterocycles. The van der Waals surface area contributed by atoms with Gasteiger partial charge in [0.2, 0.25) is 10.0 Å². The van der Waals surface area contributed by atoms with E-state index in [2.05, 4.69) is 42.3 Å². The predicted octanol–water partition coefficient (Wildman–Crippen LogP) is 2.94. The van der Waals surface area contributed by atoms with Gasteiger partial charge in [0, 0.05) is 28.1 Å². The molecule has 0 aliphatic heterocycles. The number of nitrogens with one attached hydrogen (secondary N) is 1. The van der Waals surface area contributed by atoms with Crippen molar-refractivity contribution >= 4 is 55.4 Å². The summed E-state index contributed by atoms with van der Waals surface area (Å²) in [4.78, 5) is 11.8. The molecule has 1 aliphatic carbocycles. The zero-order valence-electron chi connectivity index (χ0n) is 17.4. The Morgan fingerprint density at radius 3 is 2.72 bits per heavy atom. The number of imidazole rings is 1. The molecular formula is C20H21F2IN6O2S. The summed E-state index contributed by atoms with van der Waals surface area (Å²) in [5.41, 5.74) is 8.41. The average Bonchev–Trinajstić information content (AvgIpc) is 3.20. The van der Waals surface area contributed by atoms with Crippen LogP contribution in [0.2, 0.25) is 0 Å². The fourth-order valence-electron chi connectivity index (χ4n) is 3.70. The van der Waals surface area contributed by atoms with E-state index in [1.807, 2.05) is 6.07 Å². The van der Waals surface area contributed by atoms with Crippen molar-refractivity contribution in [2.75, 3.05) is 11.5 Å². The van der Waals surface area contributed by atoms with Crippen LogP contribution in [-0.2, 0) is 29.4 Å². The Kier molecular flexibility index (Phi) is 6.20. The molecule has 0 saturated carbocycles. The van der Waals surface area contributed by atoms with E-state index >= 15 is 0 Å². The minimum absolute atomic E-state index is 0.0143. The number of nitrogens with zero attached hydrogens (tertiary/aromatic N) is 4. The van der Waals surface area contributed by atoms with Gasteiger partial charge in [-0.05, 0) is 72.2 Å². The van der Waals surface area contributed by atoms with Crippen LogP contribution in [0.5, 0.6) is 0 Å². The van der Waals surface area contributed by atoms with Crippen LogP contribution in [0, 0.1) is 9.65 Å². The minimum atomic E-state index is -3.58. The number of halogens is 3. The smallest absolute Gasteiger partial charge is 0.312 e. The van der Waals surface area contributed by atoms with E-state index in [1.165, 1.54) is 10.6 Å². The van der Waals surface area contributed by atoms with E-state index in [0.29, 0.717) is 17.8 Å². The van der Waals surface area contributed by atoms with E-state index in [1.54, 1.807) is 19.9 Å². The number of rotatable bonds is 7. The molecule has 0 radical (unpaired) electrons. The van der Waals surface area contributed by atoms with Crippen molar-refractivity contribution in [2.45, 2.75) is 39.3 Å². The molecular weight excluding hydrogens is 553 g/mol. The van der Waals surface area contributed by atoms with Crippen LogP contribution >= 0.6 is 22.6 Å². The van der Waals surface area contributed by atoms with Gasteiger partial charge in [-0.15, -0.1) is 0 Å². The molecule has 8 nitrogen and oxygen atoms in total. The lowest BCUT2D eigenvalue weighted by molar-refractivity contribution is 0.542. The molecule has 0 bridgehead atoms. The fraction of sp³-hybridized carbons (Fsp3) is 0.350. The van der Waals surface area contributed by atoms with Gasteiger partial charge in [-0.3, -0.25) is 0 Å². The Balaban J connectivity index is 1.76. The lowest BCUT2D eigenvalue weighted by Crippen LogP contribution is -2.33. The molecule has 0 saturated heterocycles. The first-order valence-corrected chi connectivity index (χ1v) is 12.6. The van der Waals surface area contributed by atoms with Crippen LogP contribution in [0.3, 0.4) is 0 Å². The molecule has 0 fully saturated rings. The van der Waals surface area contributed by atoms with Crippen LogP contribution in [-0.4, -0.2) is 39.7 Å². The Morgan fingerprint density at radius 1 is 1.25 bits per heavy atom. The van der Waals surface area contributed by atoms with Crippen molar-refractivity contribution in [2.24, 2.45) is 0 Å². The molecule has 0 spiro atoms. The number of nitrogen functional groups attached to an aromatic ring is 1. The molecule has 2 aromatic heterocycles. The van der Waals surface area contributed by atoms with Crippen molar-refractivity contribution in [1.29, 1.82) is 0 Å². The van der Waals surface area contributed by atoms with E-state index in [-0.39, 0.29) is 47.6 Å². The van der Waals surface area contributed by atoms with Gasteiger partial charge >= 0.3 is 6.08 Å². The number of sulfonamides is 1. The van der Waals surface area contributed by atoms with Crippen molar-refractivity contribution in [1.82, 2.24) is 24.2 Å². The maximum Gasteiger partial charge on any atom is 0.312 e. The zero-order chi connectivity index (χ0) is 23.2. The fourth-order valence-corrected chi connectivity index (χ4v) is 5.69. The summed E-state index contributed by atoms with van der Waals surface area (Å²) < 4.78 is 57.8. The number of benzene rings is 1. The normalized spacial score (nSPS) is 13.8. The predicted molar refractivity (Wildman–Crippen MR) is 127 cm³/mol. The Labute approximate surface area is 197 Å². The molecule has 1 aliphatic rings. The number of nitrogens with two attached hydrogens (primary N) is 1. The van der Waals surface area contributed by atoms with Crippen molar-refractivity contribution < 1.29 is 17.2 Å². The maximum absolute atomic E-state index is 14.2. The third kappa shape index (κ3) is 4.62. The quantitative estimate of drug-likeness (QED) is 0.331. The third-order valence-corrected chi connectivity index (χ3v) is 7.61. The van der Waals surface area contributed by atoms with Crippen LogP contribution in [0.1, 0.15) is 36.4 Å². The van der Waals surface area contributed by atoms with Crippen LogP contribution in [0.4, 0.5) is 14.6 Å². The van der Waals surface area contributed by atoms with Gasteiger partial charge in [0.25, 0.3) is 0 Å². The number of anilines is 1. The zero-order valence-corrected chi connectivity index (χ0v) is 20.3. The highest BCUT2D eigenvalue weighted by atomic mass is 127. The first kappa shape index (κ1) is 23.0. The molecule has 4 rings (SSSR count). The van der Waals surface area contributed by atoms with Crippen molar-refractivity contribution in [3.05, 3.63) is 50.4 Å². The van der Waals surface area contributed by atoms with Crippen LogP contribution in [0.25, 0.3) is 17.0 Å². The first-order valence-electron chi connectivity index (χ1n) is 9.89. The van der Waals surface area contributed by atoms with Gasteiger partial charge in [0.05, 0.1) is 5.75 Å². The summed E-state index contributed by atoms with van der Waals surface area (Å²) in [6, 6.07) is 3.43. The van der Waals surface area contributed by atoms with Gasteiger partial charge in [0.1, 0.15) is 11.7 Å². The summed E-state index contributed by atoms with van der Waals surface area (Å²) in [6.07, 6.45) is 1.31. The monoisotopic (exact) mass is 574 g/mol.